The quantitative estimate of drug-likeness (QED) is 0.742. The van der Waals surface area contributed by atoms with Gasteiger partial charge in [0.1, 0.15) is 12.2 Å². The Morgan fingerprint density at radius 1 is 1.50 bits per heavy atom. The summed E-state index contributed by atoms with van der Waals surface area (Å²) < 4.78 is 31.8. The topological polar surface area (TPSA) is 27.1 Å². The fourth-order valence-electron chi connectivity index (χ4n) is 1.16. The van der Waals surface area contributed by atoms with E-state index in [2.05, 4.69) is 41.5 Å². The van der Waals surface area contributed by atoms with E-state index in [4.69, 9.17) is 4.74 Å². The standard InChI is InChI=1S/C10H15F2IN2O/c1-7(2)5-16-6-9-8(13)3-15(14-9)4-10(11)12/h3,7,10H,4-6H2,1-2H3. The molecule has 0 bridgehead atoms. The van der Waals surface area contributed by atoms with Crippen LogP contribution in [0.5, 0.6) is 0 Å². The van der Waals surface area contributed by atoms with E-state index >= 15 is 0 Å². The van der Waals surface area contributed by atoms with Gasteiger partial charge in [-0.1, -0.05) is 13.8 Å². The summed E-state index contributed by atoms with van der Waals surface area (Å²) in [7, 11) is 0. The van der Waals surface area contributed by atoms with Crippen LogP contribution in [-0.2, 0) is 17.9 Å². The maximum Gasteiger partial charge on any atom is 0.257 e. The molecule has 3 nitrogen and oxygen atoms in total. The maximum absolute atomic E-state index is 12.1. The normalized spacial score (nSPS) is 11.7. The van der Waals surface area contributed by atoms with Crippen LogP contribution in [0.1, 0.15) is 19.5 Å². The second kappa shape index (κ2) is 6.48. The van der Waals surface area contributed by atoms with Crippen LogP contribution in [0.2, 0.25) is 0 Å². The van der Waals surface area contributed by atoms with Gasteiger partial charge in [0.2, 0.25) is 0 Å². The van der Waals surface area contributed by atoms with Gasteiger partial charge in [0.05, 0.1) is 10.2 Å². The number of alkyl halides is 2. The molecule has 0 aliphatic carbocycles. The van der Waals surface area contributed by atoms with Crippen molar-refractivity contribution in [2.24, 2.45) is 5.92 Å². The van der Waals surface area contributed by atoms with Crippen LogP contribution in [0.3, 0.4) is 0 Å². The maximum atomic E-state index is 12.1. The average molecular weight is 344 g/mol. The van der Waals surface area contributed by atoms with E-state index in [1.165, 1.54) is 4.68 Å². The van der Waals surface area contributed by atoms with Crippen molar-refractivity contribution in [3.63, 3.8) is 0 Å². The molecule has 6 heteroatoms. The van der Waals surface area contributed by atoms with E-state index in [1.54, 1.807) is 6.20 Å². The first kappa shape index (κ1) is 13.8. The van der Waals surface area contributed by atoms with Crippen LogP contribution < -0.4 is 0 Å². The summed E-state index contributed by atoms with van der Waals surface area (Å²) in [5.74, 6) is 0.459. The van der Waals surface area contributed by atoms with Gasteiger partial charge in [0.15, 0.2) is 0 Å². The first-order chi connectivity index (χ1) is 7.49. The number of rotatable bonds is 6. The van der Waals surface area contributed by atoms with Crippen molar-refractivity contribution in [2.45, 2.75) is 33.4 Å². The Labute approximate surface area is 107 Å². The van der Waals surface area contributed by atoms with Crippen LogP contribution in [-0.4, -0.2) is 22.8 Å². The third-order valence-electron chi connectivity index (χ3n) is 1.80. The molecule has 0 aromatic carbocycles. The van der Waals surface area contributed by atoms with Crippen molar-refractivity contribution in [1.29, 1.82) is 0 Å². The molecule has 1 aromatic rings. The van der Waals surface area contributed by atoms with Crippen molar-refractivity contribution in [1.82, 2.24) is 9.78 Å². The van der Waals surface area contributed by atoms with Crippen LogP contribution >= 0.6 is 22.6 Å². The highest BCUT2D eigenvalue weighted by atomic mass is 127. The van der Waals surface area contributed by atoms with Gasteiger partial charge in [0.25, 0.3) is 6.43 Å². The van der Waals surface area contributed by atoms with Crippen molar-refractivity contribution in [2.75, 3.05) is 6.61 Å². The number of aromatic nitrogens is 2. The number of hydrogen-bond acceptors (Lipinski definition) is 2. The van der Waals surface area contributed by atoms with Gasteiger partial charge in [-0.3, -0.25) is 4.68 Å². The number of hydrogen-bond donors (Lipinski definition) is 0. The van der Waals surface area contributed by atoms with Crippen LogP contribution in [0.4, 0.5) is 8.78 Å². The highest BCUT2D eigenvalue weighted by molar-refractivity contribution is 14.1. The first-order valence-corrected chi connectivity index (χ1v) is 6.14. The van der Waals surface area contributed by atoms with Gasteiger partial charge >= 0.3 is 0 Å². The molecule has 0 spiro atoms. The molecule has 0 saturated carbocycles. The molecule has 0 unspecified atom stereocenters. The molecule has 0 amide bonds. The molecule has 0 fully saturated rings. The van der Waals surface area contributed by atoms with Gasteiger partial charge in [-0.2, -0.15) is 5.10 Å². The predicted molar refractivity (Wildman–Crippen MR) is 65.4 cm³/mol. The van der Waals surface area contributed by atoms with Crippen molar-refractivity contribution < 1.29 is 13.5 Å². The molecule has 1 rings (SSSR count). The Balaban J connectivity index is 2.50. The largest absolute Gasteiger partial charge is 0.375 e. The fourth-order valence-corrected chi connectivity index (χ4v) is 1.75. The Morgan fingerprint density at radius 3 is 2.75 bits per heavy atom. The van der Waals surface area contributed by atoms with Crippen LogP contribution in [0.15, 0.2) is 6.20 Å². The zero-order valence-electron chi connectivity index (χ0n) is 9.29. The molecular weight excluding hydrogens is 329 g/mol. The average Bonchev–Trinajstić information content (AvgIpc) is 2.45. The minimum absolute atomic E-state index is 0.361. The molecule has 1 aromatic heterocycles. The summed E-state index contributed by atoms with van der Waals surface area (Å²) in [6.07, 6.45) is -0.763. The summed E-state index contributed by atoms with van der Waals surface area (Å²) in [5.41, 5.74) is 0.724. The molecule has 0 aliphatic rings. The smallest absolute Gasteiger partial charge is 0.257 e. The Kier molecular flexibility index (Phi) is 5.60. The Bertz CT molecular complexity index is 329. The lowest BCUT2D eigenvalue weighted by Gasteiger charge is -2.05. The summed E-state index contributed by atoms with van der Waals surface area (Å²) >= 11 is 2.08. The summed E-state index contributed by atoms with van der Waals surface area (Å²) in [6, 6.07) is 0. The zero-order chi connectivity index (χ0) is 12.1. The molecule has 1 heterocycles. The summed E-state index contributed by atoms with van der Waals surface area (Å²) in [5, 5.41) is 4.05. The molecule has 92 valence electrons. The highest BCUT2D eigenvalue weighted by Gasteiger charge is 2.10. The number of nitrogens with zero attached hydrogens (tertiary/aromatic N) is 2. The Morgan fingerprint density at radius 2 is 2.19 bits per heavy atom. The molecule has 0 aliphatic heterocycles. The van der Waals surface area contributed by atoms with E-state index in [9.17, 15) is 8.78 Å². The third kappa shape index (κ3) is 4.73. The summed E-state index contributed by atoms with van der Waals surface area (Å²) in [4.78, 5) is 0. The van der Waals surface area contributed by atoms with E-state index < -0.39 is 6.43 Å². The molecule has 0 atom stereocenters. The van der Waals surface area contributed by atoms with E-state index in [-0.39, 0.29) is 6.54 Å². The summed E-state index contributed by atoms with van der Waals surface area (Å²) in [6.45, 7) is 4.78. The van der Waals surface area contributed by atoms with Gasteiger partial charge in [-0.25, -0.2) is 8.78 Å². The molecule has 16 heavy (non-hydrogen) atoms. The number of halogens is 3. The molecule has 0 saturated heterocycles. The van der Waals surface area contributed by atoms with Gasteiger partial charge in [-0.15, -0.1) is 0 Å². The zero-order valence-corrected chi connectivity index (χ0v) is 11.4. The SMILES string of the molecule is CC(C)COCc1nn(CC(F)F)cc1I. The van der Waals surface area contributed by atoms with Gasteiger partial charge in [0, 0.05) is 12.8 Å². The van der Waals surface area contributed by atoms with E-state index in [0.717, 1.165) is 9.26 Å². The van der Waals surface area contributed by atoms with E-state index in [1.807, 2.05) is 0 Å². The highest BCUT2D eigenvalue weighted by Crippen LogP contribution is 2.12. The predicted octanol–water partition coefficient (Wildman–Crippen LogP) is 2.93. The lowest BCUT2D eigenvalue weighted by Crippen LogP contribution is -2.08. The van der Waals surface area contributed by atoms with Crippen LogP contribution in [0, 0.1) is 9.49 Å². The minimum Gasteiger partial charge on any atom is -0.375 e. The fraction of sp³-hybridized carbons (Fsp3) is 0.700. The molecule has 0 radical (unpaired) electrons. The van der Waals surface area contributed by atoms with Crippen molar-refractivity contribution >= 4 is 22.6 Å². The van der Waals surface area contributed by atoms with Gasteiger partial charge < -0.3 is 4.74 Å². The number of ether oxygens (including phenoxy) is 1. The lowest BCUT2D eigenvalue weighted by molar-refractivity contribution is 0.0925. The Hall–Kier alpha value is -0.240. The van der Waals surface area contributed by atoms with Crippen LogP contribution in [0.25, 0.3) is 0 Å². The van der Waals surface area contributed by atoms with Crippen molar-refractivity contribution in [3.05, 3.63) is 15.5 Å². The molecule has 0 N–H and O–H groups in total. The first-order valence-electron chi connectivity index (χ1n) is 5.06. The van der Waals surface area contributed by atoms with Crippen molar-refractivity contribution in [3.8, 4) is 0 Å². The minimum atomic E-state index is -2.37. The second-order valence-corrected chi connectivity index (χ2v) is 5.11. The monoisotopic (exact) mass is 344 g/mol. The third-order valence-corrected chi connectivity index (χ3v) is 2.70. The lowest BCUT2D eigenvalue weighted by atomic mass is 10.2. The van der Waals surface area contributed by atoms with E-state index in [0.29, 0.717) is 19.1 Å². The molecular formula is C10H15F2IN2O. The second-order valence-electron chi connectivity index (χ2n) is 3.95. The van der Waals surface area contributed by atoms with Gasteiger partial charge in [-0.05, 0) is 28.5 Å².